The van der Waals surface area contributed by atoms with Crippen LogP contribution in [0.25, 0.3) is 0 Å². The second-order valence-electron chi connectivity index (χ2n) is 3.91. The van der Waals surface area contributed by atoms with Crippen LogP contribution in [-0.4, -0.2) is 11.5 Å². The van der Waals surface area contributed by atoms with Gasteiger partial charge in [-0.1, -0.05) is 25.1 Å². The Bertz CT molecular complexity index is 483. The Morgan fingerprint density at radius 1 is 1.11 bits per heavy atom. The molecule has 1 aromatic carbocycles. The lowest BCUT2D eigenvalue weighted by molar-refractivity contribution is 0.528. The van der Waals surface area contributed by atoms with E-state index in [0.29, 0.717) is 17.7 Å². The molecular weight excluding hydrogens is 234 g/mol. The van der Waals surface area contributed by atoms with Crippen LogP contribution in [0.3, 0.4) is 0 Å². The van der Waals surface area contributed by atoms with Crippen LogP contribution >= 0.6 is 0 Å². The molecule has 0 bridgehead atoms. The van der Waals surface area contributed by atoms with Crippen LogP contribution in [0, 0.1) is 11.6 Å². The predicted octanol–water partition coefficient (Wildman–Crippen LogP) is 3.06. The summed E-state index contributed by atoms with van der Waals surface area (Å²) in [7, 11) is 0. The first-order chi connectivity index (χ1) is 8.74. The molecule has 2 rings (SSSR count). The minimum atomic E-state index is -0.501. The molecule has 4 heteroatoms. The Balaban J connectivity index is 2.47. The van der Waals surface area contributed by atoms with E-state index in [9.17, 15) is 8.78 Å². The van der Waals surface area contributed by atoms with Gasteiger partial charge in [0.05, 0.1) is 12.2 Å². The van der Waals surface area contributed by atoms with Gasteiger partial charge >= 0.3 is 0 Å². The molecule has 1 aromatic heterocycles. The normalized spacial score (nSPS) is 12.4. The summed E-state index contributed by atoms with van der Waals surface area (Å²) in [5.74, 6) is -0.786. The molecule has 1 N–H and O–H groups in total. The second kappa shape index (κ2) is 5.69. The third-order valence-electron chi connectivity index (χ3n) is 2.74. The van der Waals surface area contributed by atoms with Gasteiger partial charge in [0, 0.05) is 17.3 Å². The van der Waals surface area contributed by atoms with E-state index in [-0.39, 0.29) is 5.82 Å². The van der Waals surface area contributed by atoms with E-state index >= 15 is 0 Å². The molecule has 0 aliphatic heterocycles. The quantitative estimate of drug-likeness (QED) is 0.899. The zero-order chi connectivity index (χ0) is 13.0. The van der Waals surface area contributed by atoms with E-state index in [0.717, 1.165) is 6.20 Å². The van der Waals surface area contributed by atoms with Gasteiger partial charge in [0.2, 0.25) is 0 Å². The number of benzene rings is 1. The number of halogens is 2. The van der Waals surface area contributed by atoms with Crippen molar-refractivity contribution in [2.75, 3.05) is 6.54 Å². The highest BCUT2D eigenvalue weighted by molar-refractivity contribution is 5.32. The van der Waals surface area contributed by atoms with Crippen molar-refractivity contribution < 1.29 is 8.78 Å². The highest BCUT2D eigenvalue weighted by atomic mass is 19.1. The molecule has 94 valence electrons. The molecule has 0 amide bonds. The molecule has 0 radical (unpaired) electrons. The van der Waals surface area contributed by atoms with E-state index in [1.807, 2.05) is 6.92 Å². The summed E-state index contributed by atoms with van der Waals surface area (Å²) in [6, 6.07) is 7.45. The van der Waals surface area contributed by atoms with Crippen LogP contribution in [0.15, 0.2) is 42.7 Å². The Morgan fingerprint density at radius 3 is 2.50 bits per heavy atom. The van der Waals surface area contributed by atoms with Crippen molar-refractivity contribution in [3.63, 3.8) is 0 Å². The number of nitrogens with zero attached hydrogens (tertiary/aromatic N) is 1. The van der Waals surface area contributed by atoms with Gasteiger partial charge in [-0.2, -0.15) is 0 Å². The molecule has 0 saturated heterocycles. The third kappa shape index (κ3) is 2.54. The van der Waals surface area contributed by atoms with Crippen molar-refractivity contribution in [3.05, 3.63) is 65.5 Å². The lowest BCUT2D eigenvalue weighted by atomic mass is 9.98. The summed E-state index contributed by atoms with van der Waals surface area (Å²) in [5.41, 5.74) is 0.835. The lowest BCUT2D eigenvalue weighted by Gasteiger charge is -2.19. The van der Waals surface area contributed by atoms with E-state index in [1.165, 1.54) is 12.3 Å². The summed E-state index contributed by atoms with van der Waals surface area (Å²) < 4.78 is 27.6. The first-order valence-corrected chi connectivity index (χ1v) is 5.81. The average molecular weight is 248 g/mol. The summed E-state index contributed by atoms with van der Waals surface area (Å²) in [4.78, 5) is 3.71. The number of rotatable bonds is 4. The van der Waals surface area contributed by atoms with Gasteiger partial charge < -0.3 is 5.32 Å². The monoisotopic (exact) mass is 248 g/mol. The van der Waals surface area contributed by atoms with E-state index < -0.39 is 11.9 Å². The number of pyridine rings is 1. The number of aromatic nitrogens is 1. The Hall–Kier alpha value is -1.81. The largest absolute Gasteiger partial charge is 0.306 e. The predicted molar refractivity (Wildman–Crippen MR) is 66.1 cm³/mol. The maximum atomic E-state index is 13.8. The lowest BCUT2D eigenvalue weighted by Crippen LogP contribution is -2.24. The molecule has 0 fully saturated rings. The van der Waals surface area contributed by atoms with Crippen LogP contribution in [0.2, 0.25) is 0 Å². The van der Waals surface area contributed by atoms with Crippen LogP contribution in [0.1, 0.15) is 24.1 Å². The van der Waals surface area contributed by atoms with Gasteiger partial charge in [-0.25, -0.2) is 8.78 Å². The Morgan fingerprint density at radius 2 is 1.83 bits per heavy atom. The topological polar surface area (TPSA) is 24.9 Å². The Labute approximate surface area is 105 Å². The van der Waals surface area contributed by atoms with Gasteiger partial charge in [0.1, 0.15) is 11.6 Å². The van der Waals surface area contributed by atoms with Crippen LogP contribution < -0.4 is 5.32 Å². The molecule has 1 heterocycles. The highest BCUT2D eigenvalue weighted by Gasteiger charge is 2.19. The maximum Gasteiger partial charge on any atom is 0.146 e. The fourth-order valence-electron chi connectivity index (χ4n) is 1.92. The summed E-state index contributed by atoms with van der Waals surface area (Å²) in [5, 5.41) is 3.09. The standard InChI is InChI=1S/C14H14F2N2/c1-2-18-14(10-5-3-4-6-12(10)15)11-7-8-17-9-13(11)16/h3-9,14,18H,2H2,1H3. The third-order valence-corrected chi connectivity index (χ3v) is 2.74. The van der Waals surface area contributed by atoms with Gasteiger partial charge in [-0.3, -0.25) is 4.98 Å². The zero-order valence-corrected chi connectivity index (χ0v) is 10.0. The number of hydrogen-bond acceptors (Lipinski definition) is 2. The van der Waals surface area contributed by atoms with Crippen molar-refractivity contribution in [3.8, 4) is 0 Å². The second-order valence-corrected chi connectivity index (χ2v) is 3.91. The average Bonchev–Trinajstić information content (AvgIpc) is 2.38. The summed E-state index contributed by atoms with van der Waals surface area (Å²) in [6.45, 7) is 2.51. The van der Waals surface area contributed by atoms with Crippen molar-refractivity contribution in [1.82, 2.24) is 10.3 Å². The maximum absolute atomic E-state index is 13.8. The van der Waals surface area contributed by atoms with Crippen LogP contribution in [0.5, 0.6) is 0 Å². The Kier molecular flexibility index (Phi) is 3.99. The van der Waals surface area contributed by atoms with E-state index in [1.54, 1.807) is 24.3 Å². The molecule has 18 heavy (non-hydrogen) atoms. The molecular formula is C14H14F2N2. The molecule has 0 aliphatic carbocycles. The molecule has 1 unspecified atom stereocenters. The van der Waals surface area contributed by atoms with Gasteiger partial charge in [0.15, 0.2) is 0 Å². The fourth-order valence-corrected chi connectivity index (χ4v) is 1.92. The fraction of sp³-hybridized carbons (Fsp3) is 0.214. The molecule has 2 nitrogen and oxygen atoms in total. The van der Waals surface area contributed by atoms with Crippen molar-refractivity contribution >= 4 is 0 Å². The van der Waals surface area contributed by atoms with E-state index in [2.05, 4.69) is 10.3 Å². The summed E-state index contributed by atoms with van der Waals surface area (Å²) >= 11 is 0. The van der Waals surface area contributed by atoms with Crippen molar-refractivity contribution in [2.45, 2.75) is 13.0 Å². The number of nitrogens with one attached hydrogen (secondary N) is 1. The van der Waals surface area contributed by atoms with Crippen molar-refractivity contribution in [2.24, 2.45) is 0 Å². The van der Waals surface area contributed by atoms with Crippen LogP contribution in [-0.2, 0) is 0 Å². The van der Waals surface area contributed by atoms with E-state index in [4.69, 9.17) is 0 Å². The molecule has 0 aliphatic rings. The smallest absolute Gasteiger partial charge is 0.146 e. The molecule has 2 aromatic rings. The van der Waals surface area contributed by atoms with Crippen molar-refractivity contribution in [1.29, 1.82) is 0 Å². The first kappa shape index (κ1) is 12.6. The minimum absolute atomic E-state index is 0.348. The summed E-state index contributed by atoms with van der Waals surface area (Å²) in [6.07, 6.45) is 2.64. The highest BCUT2D eigenvalue weighted by Crippen LogP contribution is 2.25. The minimum Gasteiger partial charge on any atom is -0.306 e. The molecule has 0 spiro atoms. The first-order valence-electron chi connectivity index (χ1n) is 5.81. The zero-order valence-electron chi connectivity index (χ0n) is 10.0. The van der Waals surface area contributed by atoms with Gasteiger partial charge in [-0.15, -0.1) is 0 Å². The van der Waals surface area contributed by atoms with Gasteiger partial charge in [-0.05, 0) is 18.7 Å². The SMILES string of the molecule is CCNC(c1ccccc1F)c1ccncc1F. The molecule has 1 atom stereocenters. The number of hydrogen-bond donors (Lipinski definition) is 1. The van der Waals surface area contributed by atoms with Gasteiger partial charge in [0.25, 0.3) is 0 Å². The van der Waals surface area contributed by atoms with Crippen LogP contribution in [0.4, 0.5) is 8.78 Å². The molecule has 0 saturated carbocycles.